The van der Waals surface area contributed by atoms with E-state index in [1.807, 2.05) is 23.0 Å². The van der Waals surface area contributed by atoms with Crippen molar-refractivity contribution in [2.75, 3.05) is 13.1 Å². The zero-order valence-corrected chi connectivity index (χ0v) is 15.2. The molecular formula is C22H24N4. The maximum absolute atomic E-state index is 4.73. The van der Waals surface area contributed by atoms with Gasteiger partial charge in [0.1, 0.15) is 0 Å². The monoisotopic (exact) mass is 344 g/mol. The smallest absolute Gasteiger partial charge is 0.162 e. The third-order valence-electron chi connectivity index (χ3n) is 5.91. The van der Waals surface area contributed by atoms with Gasteiger partial charge in [-0.25, -0.2) is 9.50 Å². The van der Waals surface area contributed by atoms with Gasteiger partial charge in [-0.05, 0) is 37.2 Å². The predicted octanol–water partition coefficient (Wildman–Crippen LogP) is 4.18. The Morgan fingerprint density at radius 1 is 1.08 bits per heavy atom. The first-order valence-corrected chi connectivity index (χ1v) is 9.52. The highest BCUT2D eigenvalue weighted by molar-refractivity contribution is 5.76. The highest BCUT2D eigenvalue weighted by atomic mass is 15.2. The largest absolute Gasteiger partial charge is 0.298 e. The van der Waals surface area contributed by atoms with Gasteiger partial charge in [0.05, 0.1) is 6.20 Å². The topological polar surface area (TPSA) is 33.4 Å². The lowest BCUT2D eigenvalue weighted by molar-refractivity contribution is 0.313. The van der Waals surface area contributed by atoms with Gasteiger partial charge >= 0.3 is 0 Å². The molecule has 5 rings (SSSR count). The SMILES string of the molecule is CC1=CC[C@H]2CN(Cc3cnc4c(-c5ccccc5)cnn4c3)C[C@H]2C1. The van der Waals surface area contributed by atoms with Gasteiger partial charge in [-0.3, -0.25) is 4.90 Å². The minimum absolute atomic E-state index is 0.838. The highest BCUT2D eigenvalue weighted by Crippen LogP contribution is 2.36. The minimum atomic E-state index is 0.838. The van der Waals surface area contributed by atoms with Crippen molar-refractivity contribution in [3.63, 3.8) is 0 Å². The van der Waals surface area contributed by atoms with Crippen molar-refractivity contribution in [2.45, 2.75) is 26.3 Å². The van der Waals surface area contributed by atoms with Crippen LogP contribution < -0.4 is 0 Å². The molecule has 0 saturated carbocycles. The summed E-state index contributed by atoms with van der Waals surface area (Å²) in [4.78, 5) is 7.32. The van der Waals surface area contributed by atoms with Crippen LogP contribution in [-0.4, -0.2) is 32.6 Å². The van der Waals surface area contributed by atoms with E-state index in [1.54, 1.807) is 5.57 Å². The van der Waals surface area contributed by atoms with Gasteiger partial charge in [-0.1, -0.05) is 42.0 Å². The Morgan fingerprint density at radius 3 is 2.81 bits per heavy atom. The lowest BCUT2D eigenvalue weighted by atomic mass is 9.83. The van der Waals surface area contributed by atoms with Crippen LogP contribution in [0, 0.1) is 11.8 Å². The molecule has 1 aliphatic heterocycles. The summed E-state index contributed by atoms with van der Waals surface area (Å²) in [6.07, 6.45) is 11.0. The summed E-state index contributed by atoms with van der Waals surface area (Å²) in [5.74, 6) is 1.68. The number of fused-ring (bicyclic) bond motifs is 2. The number of benzene rings is 1. The second-order valence-corrected chi connectivity index (χ2v) is 7.86. The van der Waals surface area contributed by atoms with Gasteiger partial charge in [-0.2, -0.15) is 5.10 Å². The van der Waals surface area contributed by atoms with Crippen molar-refractivity contribution in [1.29, 1.82) is 0 Å². The van der Waals surface area contributed by atoms with E-state index in [9.17, 15) is 0 Å². The fourth-order valence-corrected chi connectivity index (χ4v) is 4.59. The van der Waals surface area contributed by atoms with Crippen molar-refractivity contribution in [1.82, 2.24) is 19.5 Å². The van der Waals surface area contributed by atoms with Crippen LogP contribution in [0.25, 0.3) is 16.8 Å². The van der Waals surface area contributed by atoms with Crippen LogP contribution in [0.2, 0.25) is 0 Å². The maximum Gasteiger partial charge on any atom is 0.162 e. The van der Waals surface area contributed by atoms with Gasteiger partial charge in [-0.15, -0.1) is 0 Å². The Bertz CT molecular complexity index is 957. The number of rotatable bonds is 3. The molecule has 2 aliphatic rings. The van der Waals surface area contributed by atoms with Crippen molar-refractivity contribution in [3.8, 4) is 11.1 Å². The molecule has 0 bridgehead atoms. The Hall–Kier alpha value is -2.46. The zero-order valence-electron chi connectivity index (χ0n) is 15.2. The molecule has 2 aromatic heterocycles. The zero-order chi connectivity index (χ0) is 17.5. The van der Waals surface area contributed by atoms with Gasteiger partial charge in [0.25, 0.3) is 0 Å². The van der Waals surface area contributed by atoms with E-state index < -0.39 is 0 Å². The number of aromatic nitrogens is 3. The lowest BCUT2D eigenvalue weighted by Gasteiger charge is -2.22. The molecule has 4 heteroatoms. The number of allylic oxidation sites excluding steroid dienone is 2. The van der Waals surface area contributed by atoms with E-state index in [2.05, 4.69) is 53.5 Å². The van der Waals surface area contributed by atoms with Crippen molar-refractivity contribution < 1.29 is 0 Å². The van der Waals surface area contributed by atoms with Gasteiger partial charge in [0, 0.05) is 43.2 Å². The predicted molar refractivity (Wildman–Crippen MR) is 104 cm³/mol. The Kier molecular flexibility index (Phi) is 3.86. The van der Waals surface area contributed by atoms with Crippen molar-refractivity contribution >= 4 is 5.65 Å². The van der Waals surface area contributed by atoms with Crippen LogP contribution in [0.4, 0.5) is 0 Å². The quantitative estimate of drug-likeness (QED) is 0.668. The van der Waals surface area contributed by atoms with E-state index in [4.69, 9.17) is 4.98 Å². The van der Waals surface area contributed by atoms with E-state index in [1.165, 1.54) is 31.5 Å². The highest BCUT2D eigenvalue weighted by Gasteiger charge is 2.33. The second kappa shape index (κ2) is 6.36. The summed E-state index contributed by atoms with van der Waals surface area (Å²) in [6.45, 7) is 5.66. The lowest BCUT2D eigenvalue weighted by Crippen LogP contribution is -2.20. The van der Waals surface area contributed by atoms with E-state index in [0.29, 0.717) is 0 Å². The average molecular weight is 344 g/mol. The molecule has 0 radical (unpaired) electrons. The molecule has 2 atom stereocenters. The van der Waals surface area contributed by atoms with Crippen LogP contribution >= 0.6 is 0 Å². The first kappa shape index (κ1) is 15.8. The molecule has 3 heterocycles. The summed E-state index contributed by atoms with van der Waals surface area (Å²) in [5, 5.41) is 4.54. The minimum Gasteiger partial charge on any atom is -0.298 e. The Labute approximate surface area is 154 Å². The molecule has 3 aromatic rings. The van der Waals surface area contributed by atoms with Crippen LogP contribution in [0.1, 0.15) is 25.3 Å². The van der Waals surface area contributed by atoms with Gasteiger partial charge < -0.3 is 0 Å². The first-order valence-electron chi connectivity index (χ1n) is 9.52. The molecule has 0 amide bonds. The standard InChI is InChI=1S/C22H24N4/c1-16-7-8-19-14-25(15-20(19)9-16)12-17-10-23-22-21(11-24-26(22)13-17)18-5-3-2-4-6-18/h2-7,10-11,13,19-20H,8-9,12,14-15H2,1H3/t19-,20+/m0/s1. The fourth-order valence-electron chi connectivity index (χ4n) is 4.59. The molecule has 0 spiro atoms. The third kappa shape index (κ3) is 2.84. The van der Waals surface area contributed by atoms with Crippen LogP contribution in [0.5, 0.6) is 0 Å². The molecule has 1 saturated heterocycles. The van der Waals surface area contributed by atoms with E-state index in [-0.39, 0.29) is 0 Å². The van der Waals surface area contributed by atoms with Gasteiger partial charge in [0.15, 0.2) is 5.65 Å². The summed E-state index contributed by atoms with van der Waals surface area (Å²) < 4.78 is 1.92. The summed E-state index contributed by atoms with van der Waals surface area (Å²) >= 11 is 0. The molecule has 0 N–H and O–H groups in total. The average Bonchev–Trinajstić information content (AvgIpc) is 3.25. The maximum atomic E-state index is 4.73. The molecule has 1 fully saturated rings. The molecular weight excluding hydrogens is 320 g/mol. The molecule has 4 nitrogen and oxygen atoms in total. The summed E-state index contributed by atoms with van der Waals surface area (Å²) in [7, 11) is 0. The van der Waals surface area contributed by atoms with E-state index in [0.717, 1.165) is 35.2 Å². The van der Waals surface area contributed by atoms with Crippen LogP contribution in [0.15, 0.2) is 60.6 Å². The second-order valence-electron chi connectivity index (χ2n) is 7.86. The molecule has 0 unspecified atom stereocenters. The number of likely N-dealkylation sites (tertiary alicyclic amines) is 1. The Balaban J connectivity index is 1.35. The first-order chi connectivity index (χ1) is 12.8. The molecule has 26 heavy (non-hydrogen) atoms. The van der Waals surface area contributed by atoms with Crippen molar-refractivity contribution in [2.24, 2.45) is 11.8 Å². The summed E-state index contributed by atoms with van der Waals surface area (Å²) in [5.41, 5.74) is 5.99. The molecule has 1 aromatic carbocycles. The van der Waals surface area contributed by atoms with Crippen molar-refractivity contribution in [3.05, 3.63) is 66.1 Å². The van der Waals surface area contributed by atoms with Crippen LogP contribution in [0.3, 0.4) is 0 Å². The molecule has 132 valence electrons. The molecule has 1 aliphatic carbocycles. The summed E-state index contributed by atoms with van der Waals surface area (Å²) in [6, 6.07) is 10.3. The van der Waals surface area contributed by atoms with Crippen LogP contribution in [-0.2, 0) is 6.54 Å². The number of nitrogens with zero attached hydrogens (tertiary/aromatic N) is 4. The normalized spacial score (nSPS) is 23.2. The third-order valence-corrected chi connectivity index (χ3v) is 5.91. The number of hydrogen-bond donors (Lipinski definition) is 0. The number of hydrogen-bond acceptors (Lipinski definition) is 3. The van der Waals surface area contributed by atoms with E-state index >= 15 is 0 Å². The van der Waals surface area contributed by atoms with Gasteiger partial charge in [0.2, 0.25) is 0 Å². The Morgan fingerprint density at radius 2 is 1.92 bits per heavy atom. The fraction of sp³-hybridized carbons (Fsp3) is 0.364.